The highest BCUT2D eigenvalue weighted by Gasteiger charge is 2.28. The Morgan fingerprint density at radius 1 is 1.43 bits per heavy atom. The third-order valence-corrected chi connectivity index (χ3v) is 2.96. The van der Waals surface area contributed by atoms with Crippen molar-refractivity contribution in [2.24, 2.45) is 0 Å². The van der Waals surface area contributed by atoms with Gasteiger partial charge in [-0.05, 0) is 19.4 Å². The number of β-amino-alcohol motifs (C(OH)–C–C–N with tert-alkyl or cyclic N) is 1. The Kier molecular flexibility index (Phi) is 2.57. The summed E-state index contributed by atoms with van der Waals surface area (Å²) in [6.07, 6.45) is -0.109. The molecule has 0 bridgehead atoms. The minimum atomic E-state index is -0.109. The molecule has 14 heavy (non-hydrogen) atoms. The van der Waals surface area contributed by atoms with Crippen molar-refractivity contribution in [2.75, 3.05) is 13.1 Å². The van der Waals surface area contributed by atoms with Gasteiger partial charge in [0, 0.05) is 19.1 Å². The molecule has 0 saturated carbocycles. The van der Waals surface area contributed by atoms with Crippen LogP contribution in [0.1, 0.15) is 24.1 Å². The minimum absolute atomic E-state index is 0.109. The molecule has 1 aliphatic heterocycles. The van der Waals surface area contributed by atoms with E-state index in [4.69, 9.17) is 0 Å². The number of rotatable bonds is 2. The van der Waals surface area contributed by atoms with Crippen molar-refractivity contribution in [3.8, 4) is 0 Å². The van der Waals surface area contributed by atoms with Crippen LogP contribution in [0, 0.1) is 6.92 Å². The third kappa shape index (κ3) is 1.81. The molecule has 1 heterocycles. The molecule has 2 nitrogen and oxygen atoms in total. The van der Waals surface area contributed by atoms with Crippen LogP contribution in [-0.2, 0) is 0 Å². The van der Waals surface area contributed by atoms with Crippen LogP contribution < -0.4 is 0 Å². The minimum Gasteiger partial charge on any atom is -0.390 e. The fraction of sp³-hybridized carbons (Fsp3) is 0.500. The number of aryl methyl sites for hydroxylation is 1. The van der Waals surface area contributed by atoms with E-state index in [0.29, 0.717) is 6.04 Å². The Morgan fingerprint density at radius 2 is 2.14 bits per heavy atom. The molecule has 2 heteroatoms. The van der Waals surface area contributed by atoms with Crippen molar-refractivity contribution >= 4 is 0 Å². The van der Waals surface area contributed by atoms with Gasteiger partial charge in [-0.15, -0.1) is 0 Å². The van der Waals surface area contributed by atoms with E-state index in [1.54, 1.807) is 0 Å². The number of benzene rings is 1. The average Bonchev–Trinajstić information content (AvgIpc) is 2.12. The second kappa shape index (κ2) is 3.71. The lowest BCUT2D eigenvalue weighted by Gasteiger charge is -2.40. The lowest BCUT2D eigenvalue weighted by molar-refractivity contribution is -0.0211. The number of hydrogen-bond acceptors (Lipinski definition) is 2. The van der Waals surface area contributed by atoms with Gasteiger partial charge in [0.15, 0.2) is 0 Å². The SMILES string of the molecule is Cc1cccc(C(C)N2CC(O)C2)c1. The van der Waals surface area contributed by atoms with Gasteiger partial charge in [-0.25, -0.2) is 0 Å². The number of nitrogens with zero attached hydrogens (tertiary/aromatic N) is 1. The summed E-state index contributed by atoms with van der Waals surface area (Å²) >= 11 is 0. The summed E-state index contributed by atoms with van der Waals surface area (Å²) in [6.45, 7) is 5.94. The van der Waals surface area contributed by atoms with Crippen LogP contribution in [0.15, 0.2) is 24.3 Å². The van der Waals surface area contributed by atoms with Gasteiger partial charge in [0.1, 0.15) is 0 Å². The van der Waals surface area contributed by atoms with Gasteiger partial charge in [-0.3, -0.25) is 4.90 Å². The zero-order valence-corrected chi connectivity index (χ0v) is 8.77. The van der Waals surface area contributed by atoms with E-state index in [9.17, 15) is 5.11 Å². The predicted octanol–water partition coefficient (Wildman–Crippen LogP) is 1.73. The first kappa shape index (κ1) is 9.69. The number of aliphatic hydroxyl groups is 1. The molecule has 1 aliphatic rings. The largest absolute Gasteiger partial charge is 0.390 e. The average molecular weight is 191 g/mol. The van der Waals surface area contributed by atoms with Crippen molar-refractivity contribution in [3.63, 3.8) is 0 Å². The predicted molar refractivity (Wildman–Crippen MR) is 57.2 cm³/mol. The van der Waals surface area contributed by atoms with Gasteiger partial charge in [-0.1, -0.05) is 29.8 Å². The Labute approximate surface area is 85.2 Å². The van der Waals surface area contributed by atoms with Crippen molar-refractivity contribution < 1.29 is 5.11 Å². The van der Waals surface area contributed by atoms with E-state index in [2.05, 4.69) is 43.0 Å². The summed E-state index contributed by atoms with van der Waals surface area (Å²) in [5.41, 5.74) is 2.65. The van der Waals surface area contributed by atoms with E-state index in [1.807, 2.05) is 0 Å². The van der Waals surface area contributed by atoms with E-state index < -0.39 is 0 Å². The summed E-state index contributed by atoms with van der Waals surface area (Å²) in [5.74, 6) is 0. The fourth-order valence-corrected chi connectivity index (χ4v) is 1.94. The quantitative estimate of drug-likeness (QED) is 0.769. The normalized spacial score (nSPS) is 20.5. The highest BCUT2D eigenvalue weighted by molar-refractivity contribution is 5.25. The highest BCUT2D eigenvalue weighted by Crippen LogP contribution is 2.25. The van der Waals surface area contributed by atoms with Crippen LogP contribution >= 0.6 is 0 Å². The van der Waals surface area contributed by atoms with Gasteiger partial charge in [0.2, 0.25) is 0 Å². The van der Waals surface area contributed by atoms with Gasteiger partial charge in [0.05, 0.1) is 6.10 Å². The van der Waals surface area contributed by atoms with Gasteiger partial charge in [0.25, 0.3) is 0 Å². The van der Waals surface area contributed by atoms with E-state index in [1.165, 1.54) is 11.1 Å². The van der Waals surface area contributed by atoms with Crippen LogP contribution in [0.25, 0.3) is 0 Å². The van der Waals surface area contributed by atoms with E-state index in [0.717, 1.165) is 13.1 Å². The van der Waals surface area contributed by atoms with E-state index in [-0.39, 0.29) is 6.10 Å². The van der Waals surface area contributed by atoms with Crippen molar-refractivity contribution in [1.29, 1.82) is 0 Å². The Bertz CT molecular complexity index is 318. The van der Waals surface area contributed by atoms with Crippen LogP contribution in [0.5, 0.6) is 0 Å². The Morgan fingerprint density at radius 3 is 2.71 bits per heavy atom. The number of hydrogen-bond donors (Lipinski definition) is 1. The third-order valence-electron chi connectivity index (χ3n) is 2.96. The molecule has 0 radical (unpaired) electrons. The first-order valence-corrected chi connectivity index (χ1v) is 5.15. The van der Waals surface area contributed by atoms with Crippen LogP contribution in [-0.4, -0.2) is 29.2 Å². The lowest BCUT2D eigenvalue weighted by atomic mass is 10.0. The maximum Gasteiger partial charge on any atom is 0.0794 e. The molecule has 1 aromatic carbocycles. The molecular formula is C12H17NO. The maximum atomic E-state index is 9.23. The molecule has 2 rings (SSSR count). The first-order chi connectivity index (χ1) is 6.66. The molecule has 1 unspecified atom stereocenters. The maximum absolute atomic E-state index is 9.23. The molecule has 0 aromatic heterocycles. The smallest absolute Gasteiger partial charge is 0.0794 e. The molecule has 76 valence electrons. The molecule has 0 aliphatic carbocycles. The molecule has 1 atom stereocenters. The molecular weight excluding hydrogens is 174 g/mol. The van der Waals surface area contributed by atoms with Gasteiger partial charge in [-0.2, -0.15) is 0 Å². The Hall–Kier alpha value is -0.860. The summed E-state index contributed by atoms with van der Waals surface area (Å²) < 4.78 is 0. The van der Waals surface area contributed by atoms with E-state index >= 15 is 0 Å². The monoisotopic (exact) mass is 191 g/mol. The first-order valence-electron chi connectivity index (χ1n) is 5.15. The van der Waals surface area contributed by atoms with Crippen LogP contribution in [0.4, 0.5) is 0 Å². The molecule has 1 saturated heterocycles. The molecule has 1 fully saturated rings. The van der Waals surface area contributed by atoms with Crippen molar-refractivity contribution in [2.45, 2.75) is 26.0 Å². The number of aliphatic hydroxyl groups excluding tert-OH is 1. The lowest BCUT2D eigenvalue weighted by Crippen LogP contribution is -2.51. The zero-order valence-electron chi connectivity index (χ0n) is 8.77. The topological polar surface area (TPSA) is 23.5 Å². The zero-order chi connectivity index (χ0) is 10.1. The van der Waals surface area contributed by atoms with Crippen LogP contribution in [0.3, 0.4) is 0 Å². The second-order valence-corrected chi connectivity index (χ2v) is 4.20. The fourth-order valence-electron chi connectivity index (χ4n) is 1.94. The second-order valence-electron chi connectivity index (χ2n) is 4.20. The molecule has 0 spiro atoms. The summed E-state index contributed by atoms with van der Waals surface area (Å²) in [6, 6.07) is 9.01. The molecule has 1 N–H and O–H groups in total. The van der Waals surface area contributed by atoms with Crippen molar-refractivity contribution in [3.05, 3.63) is 35.4 Å². The summed E-state index contributed by atoms with van der Waals surface area (Å²) in [4.78, 5) is 2.29. The Balaban J connectivity index is 2.07. The summed E-state index contributed by atoms with van der Waals surface area (Å²) in [5, 5.41) is 9.23. The molecule has 0 amide bonds. The standard InChI is InChI=1S/C12H17NO/c1-9-4-3-5-11(6-9)10(2)13-7-12(14)8-13/h3-6,10,12,14H,7-8H2,1-2H3. The summed E-state index contributed by atoms with van der Waals surface area (Å²) in [7, 11) is 0. The van der Waals surface area contributed by atoms with Gasteiger partial charge < -0.3 is 5.11 Å². The van der Waals surface area contributed by atoms with Gasteiger partial charge >= 0.3 is 0 Å². The highest BCUT2D eigenvalue weighted by atomic mass is 16.3. The molecule has 1 aromatic rings. The van der Waals surface area contributed by atoms with Crippen molar-refractivity contribution in [1.82, 2.24) is 4.90 Å². The number of likely N-dealkylation sites (tertiary alicyclic amines) is 1. The van der Waals surface area contributed by atoms with Crippen LogP contribution in [0.2, 0.25) is 0 Å².